The fourth-order valence-corrected chi connectivity index (χ4v) is 2.74. The van der Waals surface area contributed by atoms with Gasteiger partial charge in [-0.2, -0.15) is 0 Å². The summed E-state index contributed by atoms with van der Waals surface area (Å²) in [5, 5.41) is -0.899. The zero-order chi connectivity index (χ0) is 14.2. The quantitative estimate of drug-likeness (QED) is 0.496. The number of hydrogen-bond acceptors (Lipinski definition) is 0. The van der Waals surface area contributed by atoms with Gasteiger partial charge in [0, 0.05) is 16.1 Å². The second kappa shape index (κ2) is 5.55. The summed E-state index contributed by atoms with van der Waals surface area (Å²) < 4.78 is 40.5. The van der Waals surface area contributed by atoms with Gasteiger partial charge in [-0.1, -0.05) is 34.1 Å². The van der Waals surface area contributed by atoms with Gasteiger partial charge in [-0.25, -0.2) is 13.2 Å². The van der Waals surface area contributed by atoms with Crippen LogP contribution in [-0.2, 0) is 0 Å². The SMILES string of the molecule is Cc1cccc(C(Cl)c2cc(F)c(F)cc2F)c1Br. The van der Waals surface area contributed by atoms with E-state index < -0.39 is 22.8 Å². The minimum Gasteiger partial charge on any atom is -0.207 e. The van der Waals surface area contributed by atoms with Crippen LogP contribution in [0.1, 0.15) is 22.1 Å². The minimum absolute atomic E-state index is 0.0909. The molecular formula is C14H9BrClF3. The van der Waals surface area contributed by atoms with Crippen LogP contribution in [0.3, 0.4) is 0 Å². The van der Waals surface area contributed by atoms with Crippen molar-refractivity contribution in [3.05, 3.63) is 68.9 Å². The Balaban J connectivity index is 2.53. The molecule has 0 spiro atoms. The molecule has 0 aliphatic carbocycles. The molecule has 0 aliphatic heterocycles. The standard InChI is InChI=1S/C14H9BrClF3/c1-7-3-2-4-8(13(7)15)14(16)9-5-11(18)12(19)6-10(9)17/h2-6,14H,1H3. The minimum atomic E-state index is -1.23. The first-order valence-electron chi connectivity index (χ1n) is 5.45. The first-order chi connectivity index (χ1) is 8.91. The molecule has 2 aromatic carbocycles. The molecule has 0 aromatic heterocycles. The Kier molecular flexibility index (Phi) is 4.21. The lowest BCUT2D eigenvalue weighted by molar-refractivity contribution is 0.490. The highest BCUT2D eigenvalue weighted by Crippen LogP contribution is 2.36. The highest BCUT2D eigenvalue weighted by molar-refractivity contribution is 9.10. The van der Waals surface area contributed by atoms with Gasteiger partial charge in [-0.15, -0.1) is 11.6 Å². The molecule has 2 rings (SSSR count). The molecule has 0 fully saturated rings. The molecule has 0 saturated heterocycles. The third-order valence-corrected chi connectivity index (χ3v) is 4.36. The van der Waals surface area contributed by atoms with Crippen LogP contribution >= 0.6 is 27.5 Å². The summed E-state index contributed by atoms with van der Waals surface area (Å²) in [6.45, 7) is 1.86. The van der Waals surface area contributed by atoms with Crippen LogP contribution in [0, 0.1) is 24.4 Å². The van der Waals surface area contributed by atoms with Crippen molar-refractivity contribution in [3.8, 4) is 0 Å². The van der Waals surface area contributed by atoms with Crippen LogP contribution in [0.4, 0.5) is 13.2 Å². The second-order valence-corrected chi connectivity index (χ2v) is 5.36. The number of hydrogen-bond donors (Lipinski definition) is 0. The molecule has 1 unspecified atom stereocenters. The molecule has 0 N–H and O–H groups in total. The highest BCUT2D eigenvalue weighted by Gasteiger charge is 2.20. The summed E-state index contributed by atoms with van der Waals surface area (Å²) >= 11 is 9.54. The van der Waals surface area contributed by atoms with Gasteiger partial charge in [-0.3, -0.25) is 0 Å². The van der Waals surface area contributed by atoms with Crippen molar-refractivity contribution in [2.75, 3.05) is 0 Å². The third-order valence-electron chi connectivity index (χ3n) is 2.81. The van der Waals surface area contributed by atoms with Crippen LogP contribution in [0.25, 0.3) is 0 Å². The second-order valence-electron chi connectivity index (χ2n) is 4.13. The van der Waals surface area contributed by atoms with Crippen LogP contribution in [0.2, 0.25) is 0 Å². The van der Waals surface area contributed by atoms with E-state index >= 15 is 0 Å². The largest absolute Gasteiger partial charge is 0.207 e. The Morgan fingerprint density at radius 1 is 1.00 bits per heavy atom. The molecule has 0 heterocycles. The van der Waals surface area contributed by atoms with E-state index in [0.717, 1.165) is 16.1 Å². The maximum absolute atomic E-state index is 13.7. The number of aryl methyl sites for hydroxylation is 1. The molecule has 5 heteroatoms. The first kappa shape index (κ1) is 14.4. The summed E-state index contributed by atoms with van der Waals surface area (Å²) in [5.74, 6) is -3.22. The normalized spacial score (nSPS) is 12.5. The molecule has 0 radical (unpaired) electrons. The fourth-order valence-electron chi connectivity index (χ4n) is 1.77. The summed E-state index contributed by atoms with van der Waals surface area (Å²) in [6.07, 6.45) is 0. The van der Waals surface area contributed by atoms with Crippen molar-refractivity contribution in [1.29, 1.82) is 0 Å². The lowest BCUT2D eigenvalue weighted by Crippen LogP contribution is -2.01. The predicted octanol–water partition coefficient (Wildman–Crippen LogP) is 5.50. The van der Waals surface area contributed by atoms with Gasteiger partial charge < -0.3 is 0 Å². The van der Waals surface area contributed by atoms with E-state index in [1.807, 2.05) is 13.0 Å². The van der Waals surface area contributed by atoms with Crippen LogP contribution in [0.15, 0.2) is 34.8 Å². The monoisotopic (exact) mass is 348 g/mol. The summed E-state index contributed by atoms with van der Waals surface area (Å²) in [4.78, 5) is 0. The van der Waals surface area contributed by atoms with Gasteiger partial charge >= 0.3 is 0 Å². The molecule has 0 saturated carbocycles. The van der Waals surface area contributed by atoms with Crippen molar-refractivity contribution in [3.63, 3.8) is 0 Å². The number of alkyl halides is 1. The molecule has 100 valence electrons. The van der Waals surface area contributed by atoms with Crippen LogP contribution in [-0.4, -0.2) is 0 Å². The molecule has 2 aromatic rings. The van der Waals surface area contributed by atoms with E-state index in [2.05, 4.69) is 15.9 Å². The number of benzene rings is 2. The van der Waals surface area contributed by atoms with E-state index in [0.29, 0.717) is 11.6 Å². The first-order valence-corrected chi connectivity index (χ1v) is 6.68. The van der Waals surface area contributed by atoms with E-state index in [1.165, 1.54) is 0 Å². The van der Waals surface area contributed by atoms with E-state index in [4.69, 9.17) is 11.6 Å². The maximum atomic E-state index is 13.7. The van der Waals surface area contributed by atoms with Gasteiger partial charge in [0.2, 0.25) is 0 Å². The zero-order valence-corrected chi connectivity index (χ0v) is 12.2. The topological polar surface area (TPSA) is 0 Å². The molecular weight excluding hydrogens is 341 g/mol. The number of rotatable bonds is 2. The summed E-state index contributed by atoms with van der Waals surface area (Å²) in [6, 6.07) is 6.62. The Bertz CT molecular complexity index is 628. The Labute approximate surface area is 122 Å². The Morgan fingerprint density at radius 2 is 1.63 bits per heavy atom. The molecule has 0 aliphatic rings. The van der Waals surface area contributed by atoms with E-state index in [9.17, 15) is 13.2 Å². The molecule has 0 nitrogen and oxygen atoms in total. The average molecular weight is 350 g/mol. The average Bonchev–Trinajstić information content (AvgIpc) is 2.36. The van der Waals surface area contributed by atoms with Crippen molar-refractivity contribution < 1.29 is 13.2 Å². The van der Waals surface area contributed by atoms with Crippen molar-refractivity contribution in [2.24, 2.45) is 0 Å². The zero-order valence-electron chi connectivity index (χ0n) is 9.85. The molecule has 0 bridgehead atoms. The molecule has 19 heavy (non-hydrogen) atoms. The Hall–Kier alpha value is -1.00. The van der Waals surface area contributed by atoms with Crippen LogP contribution < -0.4 is 0 Å². The van der Waals surface area contributed by atoms with Gasteiger partial charge in [0.1, 0.15) is 5.82 Å². The van der Waals surface area contributed by atoms with Crippen molar-refractivity contribution in [1.82, 2.24) is 0 Å². The predicted molar refractivity (Wildman–Crippen MR) is 72.9 cm³/mol. The highest BCUT2D eigenvalue weighted by atomic mass is 79.9. The van der Waals surface area contributed by atoms with Crippen LogP contribution in [0.5, 0.6) is 0 Å². The van der Waals surface area contributed by atoms with Gasteiger partial charge in [0.05, 0.1) is 5.38 Å². The molecule has 0 amide bonds. The smallest absolute Gasteiger partial charge is 0.161 e. The maximum Gasteiger partial charge on any atom is 0.161 e. The summed E-state index contributed by atoms with van der Waals surface area (Å²) in [7, 11) is 0. The van der Waals surface area contributed by atoms with Crippen molar-refractivity contribution >= 4 is 27.5 Å². The van der Waals surface area contributed by atoms with Gasteiger partial charge in [0.15, 0.2) is 11.6 Å². The molecule has 1 atom stereocenters. The van der Waals surface area contributed by atoms with Gasteiger partial charge in [0.25, 0.3) is 0 Å². The third kappa shape index (κ3) is 2.79. The van der Waals surface area contributed by atoms with E-state index in [-0.39, 0.29) is 5.56 Å². The van der Waals surface area contributed by atoms with Crippen molar-refractivity contribution in [2.45, 2.75) is 12.3 Å². The Morgan fingerprint density at radius 3 is 2.32 bits per heavy atom. The number of halogens is 5. The van der Waals surface area contributed by atoms with E-state index in [1.54, 1.807) is 12.1 Å². The fraction of sp³-hybridized carbons (Fsp3) is 0.143. The lowest BCUT2D eigenvalue weighted by atomic mass is 10.0. The van der Waals surface area contributed by atoms with Gasteiger partial charge in [-0.05, 0) is 24.1 Å². The summed E-state index contributed by atoms with van der Waals surface area (Å²) in [5.41, 5.74) is 1.43. The lowest BCUT2D eigenvalue weighted by Gasteiger charge is -2.15.